The van der Waals surface area contributed by atoms with E-state index in [0.717, 1.165) is 11.3 Å². The zero-order valence-corrected chi connectivity index (χ0v) is 14.4. The van der Waals surface area contributed by atoms with Crippen LogP contribution in [0.5, 0.6) is 0 Å². The summed E-state index contributed by atoms with van der Waals surface area (Å²) in [4.78, 5) is 25.0. The topological polar surface area (TPSA) is 61.4 Å². The minimum atomic E-state index is -0.465. The Hall–Kier alpha value is -2.89. The second-order valence-corrected chi connectivity index (χ2v) is 5.87. The fourth-order valence-corrected chi connectivity index (χ4v) is 2.20. The van der Waals surface area contributed by atoms with Crippen molar-refractivity contribution in [3.05, 3.63) is 59.9 Å². The van der Waals surface area contributed by atoms with Gasteiger partial charge in [-0.15, -0.1) is 0 Å². The first-order valence-electron chi connectivity index (χ1n) is 8.03. The van der Waals surface area contributed by atoms with Crippen molar-refractivity contribution in [2.75, 3.05) is 31.3 Å². The predicted molar refractivity (Wildman–Crippen MR) is 97.0 cm³/mol. The minimum absolute atomic E-state index is 0.0345. The van der Waals surface area contributed by atoms with Gasteiger partial charge in [-0.2, -0.15) is 0 Å². The van der Waals surface area contributed by atoms with E-state index in [9.17, 15) is 14.0 Å². The van der Waals surface area contributed by atoms with Gasteiger partial charge in [-0.05, 0) is 36.2 Å². The molecule has 0 aliphatic carbocycles. The average Bonchev–Trinajstić information content (AvgIpc) is 2.60. The van der Waals surface area contributed by atoms with Crippen molar-refractivity contribution in [2.24, 2.45) is 0 Å². The predicted octanol–water partition coefficient (Wildman–Crippen LogP) is 2.90. The van der Waals surface area contributed by atoms with E-state index in [1.54, 1.807) is 31.1 Å². The lowest BCUT2D eigenvalue weighted by atomic mass is 10.1. The molecule has 0 bridgehead atoms. The Kier molecular flexibility index (Phi) is 6.51. The van der Waals surface area contributed by atoms with Crippen LogP contribution in [0.15, 0.2) is 48.5 Å². The van der Waals surface area contributed by atoms with Crippen LogP contribution in [0, 0.1) is 5.82 Å². The van der Waals surface area contributed by atoms with E-state index in [0.29, 0.717) is 12.8 Å². The third-order valence-electron chi connectivity index (χ3n) is 3.68. The molecule has 5 nitrogen and oxygen atoms in total. The molecule has 0 unspecified atom stereocenters. The standard InChI is InChI=1S/C19H22FN3O2/c1-23(2)19(25)12-9-14-7-10-15(11-8-14)21-13-18(24)22-17-6-4-3-5-16(17)20/h3-8,10-11,21H,9,12-13H2,1-2H3,(H,22,24). The van der Waals surface area contributed by atoms with Crippen LogP contribution in [0.4, 0.5) is 15.8 Å². The molecule has 0 saturated carbocycles. The van der Waals surface area contributed by atoms with Gasteiger partial charge in [-0.1, -0.05) is 24.3 Å². The lowest BCUT2D eigenvalue weighted by Gasteiger charge is -2.11. The van der Waals surface area contributed by atoms with Crippen molar-refractivity contribution >= 4 is 23.2 Å². The number of aryl methyl sites for hydroxylation is 1. The SMILES string of the molecule is CN(C)C(=O)CCc1ccc(NCC(=O)Nc2ccccc2F)cc1. The van der Waals surface area contributed by atoms with Crippen molar-refractivity contribution in [3.8, 4) is 0 Å². The van der Waals surface area contributed by atoms with Crippen molar-refractivity contribution in [1.29, 1.82) is 0 Å². The van der Waals surface area contributed by atoms with Gasteiger partial charge >= 0.3 is 0 Å². The first-order valence-corrected chi connectivity index (χ1v) is 8.03. The molecule has 0 atom stereocenters. The fourth-order valence-electron chi connectivity index (χ4n) is 2.20. The fraction of sp³-hybridized carbons (Fsp3) is 0.263. The minimum Gasteiger partial charge on any atom is -0.376 e. The molecular weight excluding hydrogens is 321 g/mol. The number of hydrogen-bond donors (Lipinski definition) is 2. The van der Waals surface area contributed by atoms with Crippen LogP contribution in [0.25, 0.3) is 0 Å². The number of para-hydroxylation sites is 1. The second kappa shape index (κ2) is 8.82. The molecule has 0 aliphatic rings. The number of rotatable bonds is 7. The number of nitrogens with one attached hydrogen (secondary N) is 2. The third kappa shape index (κ3) is 5.91. The van der Waals surface area contributed by atoms with Gasteiger partial charge in [-0.25, -0.2) is 4.39 Å². The normalized spacial score (nSPS) is 10.2. The molecule has 2 amide bonds. The highest BCUT2D eigenvalue weighted by atomic mass is 19.1. The molecule has 0 spiro atoms. The summed E-state index contributed by atoms with van der Waals surface area (Å²) in [6.07, 6.45) is 1.13. The van der Waals surface area contributed by atoms with Crippen molar-refractivity contribution in [1.82, 2.24) is 4.90 Å². The van der Waals surface area contributed by atoms with Gasteiger partial charge in [0.15, 0.2) is 0 Å². The summed E-state index contributed by atoms with van der Waals surface area (Å²) < 4.78 is 13.5. The quantitative estimate of drug-likeness (QED) is 0.813. The van der Waals surface area contributed by atoms with Gasteiger partial charge in [-0.3, -0.25) is 9.59 Å². The highest BCUT2D eigenvalue weighted by molar-refractivity contribution is 5.93. The number of carbonyl (C=O) groups excluding carboxylic acids is 2. The van der Waals surface area contributed by atoms with Gasteiger partial charge in [0.2, 0.25) is 11.8 Å². The first kappa shape index (κ1) is 18.4. The smallest absolute Gasteiger partial charge is 0.243 e. The lowest BCUT2D eigenvalue weighted by molar-refractivity contribution is -0.128. The summed E-state index contributed by atoms with van der Waals surface area (Å²) in [6, 6.07) is 13.6. The van der Waals surface area contributed by atoms with Crippen LogP contribution in [0.2, 0.25) is 0 Å². The van der Waals surface area contributed by atoms with Gasteiger partial charge in [0.05, 0.1) is 12.2 Å². The zero-order chi connectivity index (χ0) is 18.2. The van der Waals surface area contributed by atoms with Crippen LogP contribution >= 0.6 is 0 Å². The molecule has 0 fully saturated rings. The first-order chi connectivity index (χ1) is 12.0. The molecule has 2 aromatic carbocycles. The molecule has 2 rings (SSSR count). The monoisotopic (exact) mass is 343 g/mol. The molecule has 0 aliphatic heterocycles. The number of hydrogen-bond acceptors (Lipinski definition) is 3. The molecule has 0 radical (unpaired) electrons. The lowest BCUT2D eigenvalue weighted by Crippen LogP contribution is -2.22. The average molecular weight is 343 g/mol. The highest BCUT2D eigenvalue weighted by Gasteiger charge is 2.07. The Morgan fingerprint density at radius 2 is 1.72 bits per heavy atom. The number of anilines is 2. The van der Waals surface area contributed by atoms with Crippen LogP contribution in [0.1, 0.15) is 12.0 Å². The van der Waals surface area contributed by atoms with Gasteiger partial charge in [0, 0.05) is 26.2 Å². The summed E-state index contributed by atoms with van der Waals surface area (Å²) in [6.45, 7) is 0.0345. The molecule has 0 aromatic heterocycles. The van der Waals surface area contributed by atoms with Gasteiger partial charge < -0.3 is 15.5 Å². The number of amides is 2. The zero-order valence-electron chi connectivity index (χ0n) is 14.4. The van der Waals surface area contributed by atoms with Crippen molar-refractivity contribution in [2.45, 2.75) is 12.8 Å². The molecule has 0 saturated heterocycles. The molecule has 0 heterocycles. The summed E-state index contributed by atoms with van der Waals surface area (Å²) in [5.74, 6) is -0.703. The maximum atomic E-state index is 13.5. The Morgan fingerprint density at radius 1 is 1.04 bits per heavy atom. The molecule has 6 heteroatoms. The highest BCUT2D eigenvalue weighted by Crippen LogP contribution is 2.13. The van der Waals surface area contributed by atoms with E-state index in [1.165, 1.54) is 12.1 Å². The molecule has 2 aromatic rings. The maximum Gasteiger partial charge on any atom is 0.243 e. The maximum absolute atomic E-state index is 13.5. The number of benzene rings is 2. The molecule has 25 heavy (non-hydrogen) atoms. The summed E-state index contributed by atoms with van der Waals surface area (Å²) in [5, 5.41) is 5.50. The van der Waals surface area contributed by atoms with E-state index in [1.807, 2.05) is 24.3 Å². The largest absolute Gasteiger partial charge is 0.376 e. The van der Waals surface area contributed by atoms with E-state index < -0.39 is 5.82 Å². The van der Waals surface area contributed by atoms with Crippen molar-refractivity contribution < 1.29 is 14.0 Å². The van der Waals surface area contributed by atoms with Crippen LogP contribution in [-0.4, -0.2) is 37.4 Å². The summed E-state index contributed by atoms with van der Waals surface area (Å²) in [7, 11) is 3.48. The van der Waals surface area contributed by atoms with Crippen LogP contribution in [0.3, 0.4) is 0 Å². The molecule has 2 N–H and O–H groups in total. The van der Waals surface area contributed by atoms with E-state index in [-0.39, 0.29) is 24.0 Å². The number of carbonyl (C=O) groups is 2. The molecule has 132 valence electrons. The summed E-state index contributed by atoms with van der Waals surface area (Å²) in [5.41, 5.74) is 2.00. The van der Waals surface area contributed by atoms with Crippen LogP contribution < -0.4 is 10.6 Å². The van der Waals surface area contributed by atoms with Gasteiger partial charge in [0.1, 0.15) is 5.82 Å². The number of nitrogens with zero attached hydrogens (tertiary/aromatic N) is 1. The van der Waals surface area contributed by atoms with Crippen molar-refractivity contribution in [3.63, 3.8) is 0 Å². The Balaban J connectivity index is 1.80. The Labute approximate surface area is 146 Å². The second-order valence-electron chi connectivity index (χ2n) is 5.87. The Morgan fingerprint density at radius 3 is 2.36 bits per heavy atom. The number of halogens is 1. The summed E-state index contributed by atoms with van der Waals surface area (Å²) >= 11 is 0. The van der Waals surface area contributed by atoms with E-state index in [2.05, 4.69) is 10.6 Å². The van der Waals surface area contributed by atoms with Gasteiger partial charge in [0.25, 0.3) is 0 Å². The third-order valence-corrected chi connectivity index (χ3v) is 3.68. The Bertz CT molecular complexity index is 730. The van der Waals surface area contributed by atoms with E-state index in [4.69, 9.17) is 0 Å². The van der Waals surface area contributed by atoms with E-state index >= 15 is 0 Å². The molecular formula is C19H22FN3O2. The van der Waals surface area contributed by atoms with Crippen LogP contribution in [-0.2, 0) is 16.0 Å².